The third kappa shape index (κ3) is 2.62. The fraction of sp³-hybridized carbons (Fsp3) is 0.421. The van der Waals surface area contributed by atoms with Gasteiger partial charge < -0.3 is 5.32 Å². The van der Waals surface area contributed by atoms with Crippen LogP contribution in [0.5, 0.6) is 0 Å². The van der Waals surface area contributed by atoms with E-state index in [9.17, 15) is 4.79 Å². The number of nitrogens with one attached hydrogen (secondary N) is 3. The highest BCUT2D eigenvalue weighted by Crippen LogP contribution is 2.52. The zero-order chi connectivity index (χ0) is 16.8. The maximum absolute atomic E-state index is 12.4. The van der Waals surface area contributed by atoms with Crippen LogP contribution in [-0.2, 0) is 11.2 Å². The second kappa shape index (κ2) is 5.72. The van der Waals surface area contributed by atoms with E-state index >= 15 is 0 Å². The molecule has 1 aromatic carbocycles. The summed E-state index contributed by atoms with van der Waals surface area (Å²) in [4.78, 5) is 12.4. The van der Waals surface area contributed by atoms with Crippen LogP contribution in [0.1, 0.15) is 43.0 Å². The Morgan fingerprint density at radius 2 is 2.08 bits per heavy atom. The number of amides is 1. The van der Waals surface area contributed by atoms with Crippen molar-refractivity contribution in [2.45, 2.75) is 38.0 Å². The molecule has 2 bridgehead atoms. The van der Waals surface area contributed by atoms with Crippen molar-refractivity contribution in [1.82, 2.24) is 20.4 Å². The number of carbonyl (C=O) groups excluding carboxylic acids is 1. The molecule has 3 unspecified atom stereocenters. The van der Waals surface area contributed by atoms with Gasteiger partial charge in [-0.1, -0.05) is 24.6 Å². The van der Waals surface area contributed by atoms with E-state index in [0.29, 0.717) is 11.7 Å². The molecule has 0 radical (unpaired) electrons. The zero-order valence-corrected chi connectivity index (χ0v) is 14.0. The monoisotopic (exact) mass is 335 g/mol. The molecule has 0 saturated heterocycles. The first-order valence-electron chi connectivity index (χ1n) is 9.03. The summed E-state index contributed by atoms with van der Waals surface area (Å²) in [5.74, 6) is 2.82. The molecule has 6 heteroatoms. The van der Waals surface area contributed by atoms with E-state index in [1.54, 1.807) is 0 Å². The van der Waals surface area contributed by atoms with Crippen LogP contribution < -0.4 is 5.32 Å². The molecular formula is C19H21N5O. The van der Waals surface area contributed by atoms with Crippen molar-refractivity contribution in [2.75, 3.05) is 5.32 Å². The molecule has 0 spiro atoms. The predicted molar refractivity (Wildman–Crippen MR) is 95.2 cm³/mol. The first kappa shape index (κ1) is 14.7. The Kier molecular flexibility index (Phi) is 3.36. The van der Waals surface area contributed by atoms with Gasteiger partial charge in [-0.3, -0.25) is 15.0 Å². The van der Waals surface area contributed by atoms with E-state index in [-0.39, 0.29) is 12.3 Å². The largest absolute Gasteiger partial charge is 0.309 e. The van der Waals surface area contributed by atoms with Crippen molar-refractivity contribution in [3.8, 4) is 0 Å². The van der Waals surface area contributed by atoms with Crippen LogP contribution in [0.4, 0.5) is 5.82 Å². The van der Waals surface area contributed by atoms with Crippen molar-refractivity contribution in [3.05, 3.63) is 41.7 Å². The van der Waals surface area contributed by atoms with Gasteiger partial charge in [0.2, 0.25) is 5.91 Å². The molecule has 3 aromatic rings. The van der Waals surface area contributed by atoms with Gasteiger partial charge in [-0.25, -0.2) is 0 Å². The van der Waals surface area contributed by atoms with E-state index in [4.69, 9.17) is 0 Å². The van der Waals surface area contributed by atoms with Crippen molar-refractivity contribution < 1.29 is 4.79 Å². The normalized spacial score (nSPS) is 24.9. The molecule has 2 fully saturated rings. The Morgan fingerprint density at radius 1 is 1.16 bits per heavy atom. The number of benzene rings is 1. The summed E-state index contributed by atoms with van der Waals surface area (Å²) >= 11 is 0. The van der Waals surface area contributed by atoms with E-state index in [2.05, 4.69) is 25.7 Å². The number of H-pyrrole nitrogens is 2. The van der Waals surface area contributed by atoms with Crippen molar-refractivity contribution >= 4 is 22.6 Å². The van der Waals surface area contributed by atoms with E-state index in [0.717, 1.165) is 28.4 Å². The van der Waals surface area contributed by atoms with Gasteiger partial charge >= 0.3 is 0 Å². The van der Waals surface area contributed by atoms with Crippen molar-refractivity contribution in [2.24, 2.45) is 11.8 Å². The van der Waals surface area contributed by atoms with Gasteiger partial charge in [0, 0.05) is 23.1 Å². The number of hydrogen-bond donors (Lipinski definition) is 3. The average Bonchev–Trinajstić information content (AvgIpc) is 3.38. The molecule has 2 saturated carbocycles. The SMILES string of the molecule is O=C(Cc1[nH]nc2ccccc12)Nc1cc(C2CC3CCC2C3)[nH]n1. The number of fused-ring (bicyclic) bond motifs is 3. The lowest BCUT2D eigenvalue weighted by Crippen LogP contribution is -2.15. The molecule has 128 valence electrons. The van der Waals surface area contributed by atoms with Crippen LogP contribution in [0.25, 0.3) is 10.9 Å². The van der Waals surface area contributed by atoms with Gasteiger partial charge in [0.15, 0.2) is 5.82 Å². The van der Waals surface area contributed by atoms with Crippen LogP contribution >= 0.6 is 0 Å². The number of anilines is 1. The van der Waals surface area contributed by atoms with Crippen LogP contribution in [-0.4, -0.2) is 26.3 Å². The maximum Gasteiger partial charge on any atom is 0.231 e. The number of aromatic amines is 2. The topological polar surface area (TPSA) is 86.5 Å². The van der Waals surface area contributed by atoms with E-state index in [1.807, 2.05) is 30.3 Å². The number of aromatic nitrogens is 4. The van der Waals surface area contributed by atoms with Crippen molar-refractivity contribution in [3.63, 3.8) is 0 Å². The summed E-state index contributed by atoms with van der Waals surface area (Å²) in [7, 11) is 0. The zero-order valence-electron chi connectivity index (χ0n) is 14.0. The quantitative estimate of drug-likeness (QED) is 0.683. The first-order valence-corrected chi connectivity index (χ1v) is 9.03. The Hall–Kier alpha value is -2.63. The third-order valence-electron chi connectivity index (χ3n) is 5.88. The van der Waals surface area contributed by atoms with Gasteiger partial charge in [0.25, 0.3) is 0 Å². The molecule has 2 heterocycles. The molecule has 3 atom stereocenters. The minimum Gasteiger partial charge on any atom is -0.309 e. The molecule has 1 amide bonds. The van der Waals surface area contributed by atoms with Crippen LogP contribution in [0.3, 0.4) is 0 Å². The summed E-state index contributed by atoms with van der Waals surface area (Å²) in [6, 6.07) is 9.81. The molecular weight excluding hydrogens is 314 g/mol. The summed E-state index contributed by atoms with van der Waals surface area (Å²) in [5.41, 5.74) is 2.88. The van der Waals surface area contributed by atoms with Gasteiger partial charge in [-0.2, -0.15) is 10.2 Å². The number of rotatable bonds is 4. The number of nitrogens with zero attached hydrogens (tertiary/aromatic N) is 2. The number of para-hydroxylation sites is 1. The summed E-state index contributed by atoms with van der Waals surface area (Å²) < 4.78 is 0. The minimum absolute atomic E-state index is 0.0830. The van der Waals surface area contributed by atoms with Gasteiger partial charge in [-0.15, -0.1) is 0 Å². The highest BCUT2D eigenvalue weighted by atomic mass is 16.1. The summed E-state index contributed by atoms with van der Waals surface area (Å²) in [6.07, 6.45) is 5.61. The lowest BCUT2D eigenvalue weighted by Gasteiger charge is -2.19. The lowest BCUT2D eigenvalue weighted by molar-refractivity contribution is -0.115. The van der Waals surface area contributed by atoms with Crippen LogP contribution in [0, 0.1) is 11.8 Å². The summed E-state index contributed by atoms with van der Waals surface area (Å²) in [6.45, 7) is 0. The van der Waals surface area contributed by atoms with Gasteiger partial charge in [0.05, 0.1) is 17.6 Å². The predicted octanol–water partition coefficient (Wildman–Crippen LogP) is 3.37. The average molecular weight is 335 g/mol. The molecule has 2 aliphatic rings. The fourth-order valence-corrected chi connectivity index (χ4v) is 4.71. The van der Waals surface area contributed by atoms with Gasteiger partial charge in [0.1, 0.15) is 0 Å². The number of hydrogen-bond acceptors (Lipinski definition) is 3. The van der Waals surface area contributed by atoms with Gasteiger partial charge in [-0.05, 0) is 37.2 Å². The molecule has 5 rings (SSSR count). The van der Waals surface area contributed by atoms with Crippen LogP contribution in [0.15, 0.2) is 30.3 Å². The molecule has 0 aliphatic heterocycles. The second-order valence-corrected chi connectivity index (χ2v) is 7.43. The standard InChI is InChI=1S/C19H21N5O/c25-19(10-17-13-3-1-2-4-15(13)21-22-17)20-18-9-16(23-24-18)14-8-11-5-6-12(14)7-11/h1-4,9,11-12,14H,5-8,10H2,(H,21,22)(H2,20,23,24,25). The molecule has 2 aromatic heterocycles. The molecule has 25 heavy (non-hydrogen) atoms. The van der Waals surface area contributed by atoms with E-state index < -0.39 is 0 Å². The minimum atomic E-state index is -0.0830. The fourth-order valence-electron chi connectivity index (χ4n) is 4.71. The molecule has 2 aliphatic carbocycles. The molecule has 6 nitrogen and oxygen atoms in total. The second-order valence-electron chi connectivity index (χ2n) is 7.43. The first-order chi connectivity index (χ1) is 12.3. The summed E-state index contributed by atoms with van der Waals surface area (Å²) in [5, 5.41) is 18.5. The Morgan fingerprint density at radius 3 is 2.92 bits per heavy atom. The van der Waals surface area contributed by atoms with E-state index in [1.165, 1.54) is 31.4 Å². The molecule has 3 N–H and O–H groups in total. The van der Waals surface area contributed by atoms with Crippen molar-refractivity contribution in [1.29, 1.82) is 0 Å². The third-order valence-corrected chi connectivity index (χ3v) is 5.88. The highest BCUT2D eigenvalue weighted by Gasteiger charge is 2.40. The Bertz CT molecular complexity index is 927. The smallest absolute Gasteiger partial charge is 0.231 e. The highest BCUT2D eigenvalue weighted by molar-refractivity contribution is 5.94. The number of carbonyl (C=O) groups is 1. The lowest BCUT2D eigenvalue weighted by atomic mass is 9.86. The Balaban J connectivity index is 1.27. The Labute approximate surface area is 145 Å². The van der Waals surface area contributed by atoms with Crippen LogP contribution in [0.2, 0.25) is 0 Å². The maximum atomic E-state index is 12.4.